The molecule has 2 aromatic rings. The van der Waals surface area contributed by atoms with Gasteiger partial charge in [-0.25, -0.2) is 20.1 Å². The predicted molar refractivity (Wildman–Crippen MR) is 103 cm³/mol. The first kappa shape index (κ1) is 19.8. The Hall–Kier alpha value is -3.54. The first-order chi connectivity index (χ1) is 14.3. The Kier molecular flexibility index (Phi) is 4.86. The smallest absolute Gasteiger partial charge is 0.414 e. The molecular weight excluding hydrogens is 394 g/mol. The van der Waals surface area contributed by atoms with Gasteiger partial charge in [0.1, 0.15) is 23.4 Å². The normalized spacial score (nSPS) is 19.2. The van der Waals surface area contributed by atoms with Crippen molar-refractivity contribution in [2.24, 2.45) is 0 Å². The van der Waals surface area contributed by atoms with Crippen LogP contribution in [-0.2, 0) is 15.1 Å². The average molecular weight is 412 g/mol. The number of aromatic nitrogens is 1. The number of carbonyl (C=O) groups is 2. The number of hydrogen-bond donors (Lipinski definition) is 1. The number of carbonyl (C=O) groups excluding carboxylic acids is 2. The Labute approximate surface area is 171 Å². The van der Waals surface area contributed by atoms with E-state index >= 15 is 0 Å². The zero-order valence-corrected chi connectivity index (χ0v) is 16.1. The van der Waals surface area contributed by atoms with Gasteiger partial charge in [0.05, 0.1) is 24.3 Å². The maximum absolute atomic E-state index is 14.8. The van der Waals surface area contributed by atoms with Gasteiger partial charge in [-0.05, 0) is 18.2 Å². The largest absolute Gasteiger partial charge is 0.442 e. The number of anilines is 1. The standard InChI is InChI=1S/C21H18F2N4O3/c1-12(28)25-10-15-11-27(20(29)30-15)14-7-16(22)19(17(23)8-14)13-3-4-18(26-9-13)21(24-2)5-6-21/h3-4,7-9,15H,5-6,10-11H2,1H3,(H,25,28)/t15-/m0/s1. The van der Waals surface area contributed by atoms with Gasteiger partial charge in [-0.3, -0.25) is 14.7 Å². The summed E-state index contributed by atoms with van der Waals surface area (Å²) in [6.45, 7) is 8.79. The lowest BCUT2D eigenvalue weighted by molar-refractivity contribution is -0.119. The summed E-state index contributed by atoms with van der Waals surface area (Å²) in [5.74, 6) is -1.96. The molecule has 1 aliphatic heterocycles. The summed E-state index contributed by atoms with van der Waals surface area (Å²) >= 11 is 0. The molecule has 2 amide bonds. The molecule has 1 N–H and O–H groups in total. The van der Waals surface area contributed by atoms with E-state index in [1.165, 1.54) is 13.1 Å². The fourth-order valence-corrected chi connectivity index (χ4v) is 3.45. The van der Waals surface area contributed by atoms with Crippen LogP contribution in [-0.4, -0.2) is 36.2 Å². The van der Waals surface area contributed by atoms with E-state index in [9.17, 15) is 18.4 Å². The zero-order chi connectivity index (χ0) is 21.5. The van der Waals surface area contributed by atoms with Crippen LogP contribution in [0.3, 0.4) is 0 Å². The molecule has 1 aliphatic carbocycles. The summed E-state index contributed by atoms with van der Waals surface area (Å²) in [6.07, 6.45) is 1.47. The second-order valence-electron chi connectivity index (χ2n) is 7.41. The van der Waals surface area contributed by atoms with Gasteiger partial charge in [0.15, 0.2) is 0 Å². The number of nitrogens with one attached hydrogen (secondary N) is 1. The maximum Gasteiger partial charge on any atom is 0.414 e. The van der Waals surface area contributed by atoms with Crippen LogP contribution in [0, 0.1) is 18.2 Å². The number of benzene rings is 1. The third-order valence-corrected chi connectivity index (χ3v) is 5.26. The molecule has 1 aromatic heterocycles. The van der Waals surface area contributed by atoms with E-state index in [1.807, 2.05) is 0 Å². The molecule has 2 fully saturated rings. The van der Waals surface area contributed by atoms with E-state index in [4.69, 9.17) is 11.3 Å². The molecule has 0 spiro atoms. The molecule has 2 heterocycles. The van der Waals surface area contributed by atoms with Crippen LogP contribution < -0.4 is 10.2 Å². The van der Waals surface area contributed by atoms with E-state index in [0.717, 1.165) is 29.9 Å². The Morgan fingerprint density at radius 1 is 1.37 bits per heavy atom. The summed E-state index contributed by atoms with van der Waals surface area (Å²) in [5, 5.41) is 2.54. The second-order valence-corrected chi connectivity index (χ2v) is 7.41. The molecule has 0 bridgehead atoms. The first-order valence-corrected chi connectivity index (χ1v) is 9.40. The number of halogens is 2. The van der Waals surface area contributed by atoms with E-state index in [2.05, 4.69) is 15.1 Å². The second kappa shape index (κ2) is 7.37. The third kappa shape index (κ3) is 3.56. The highest BCUT2D eigenvalue weighted by atomic mass is 19.1. The van der Waals surface area contributed by atoms with E-state index in [1.54, 1.807) is 12.1 Å². The SMILES string of the molecule is [C-]#[N+]C1(c2ccc(-c3c(F)cc(N4C[C@H](CNC(C)=O)OC4=O)cc3F)cn2)CC1. The maximum atomic E-state index is 14.8. The molecule has 30 heavy (non-hydrogen) atoms. The van der Waals surface area contributed by atoms with Crippen LogP contribution in [0.25, 0.3) is 16.0 Å². The van der Waals surface area contributed by atoms with Crippen LogP contribution in [0.15, 0.2) is 30.5 Å². The lowest BCUT2D eigenvalue weighted by Gasteiger charge is -2.15. The quantitative estimate of drug-likeness (QED) is 0.764. The van der Waals surface area contributed by atoms with Crippen LogP contribution in [0.4, 0.5) is 19.3 Å². The van der Waals surface area contributed by atoms with Crippen molar-refractivity contribution in [2.45, 2.75) is 31.4 Å². The van der Waals surface area contributed by atoms with Crippen molar-refractivity contribution >= 4 is 17.7 Å². The van der Waals surface area contributed by atoms with Gasteiger partial charge in [0.2, 0.25) is 5.91 Å². The molecule has 2 aliphatic rings. The van der Waals surface area contributed by atoms with Crippen molar-refractivity contribution in [2.75, 3.05) is 18.0 Å². The van der Waals surface area contributed by atoms with Gasteiger partial charge in [-0.15, -0.1) is 0 Å². The summed E-state index contributed by atoms with van der Waals surface area (Å²) in [4.78, 5) is 32.0. The Morgan fingerprint density at radius 2 is 2.07 bits per heavy atom. The van der Waals surface area contributed by atoms with Gasteiger partial charge in [-0.2, -0.15) is 0 Å². The van der Waals surface area contributed by atoms with Gasteiger partial charge < -0.3 is 14.9 Å². The van der Waals surface area contributed by atoms with Crippen LogP contribution in [0.2, 0.25) is 0 Å². The lowest BCUT2D eigenvalue weighted by Crippen LogP contribution is -2.33. The minimum Gasteiger partial charge on any atom is -0.442 e. The molecule has 1 saturated carbocycles. The van der Waals surface area contributed by atoms with E-state index < -0.39 is 29.4 Å². The van der Waals surface area contributed by atoms with Gasteiger partial charge in [0.25, 0.3) is 5.54 Å². The molecule has 154 valence electrons. The molecule has 7 nitrogen and oxygen atoms in total. The van der Waals surface area contributed by atoms with Gasteiger partial charge in [0, 0.05) is 31.5 Å². The van der Waals surface area contributed by atoms with Crippen LogP contribution in [0.1, 0.15) is 25.5 Å². The van der Waals surface area contributed by atoms with Crippen molar-refractivity contribution in [1.29, 1.82) is 0 Å². The van der Waals surface area contributed by atoms with Crippen molar-refractivity contribution in [3.63, 3.8) is 0 Å². The van der Waals surface area contributed by atoms with E-state index in [-0.39, 0.29) is 35.8 Å². The summed E-state index contributed by atoms with van der Waals surface area (Å²) in [7, 11) is 0. The molecule has 9 heteroatoms. The van der Waals surface area contributed by atoms with Crippen molar-refractivity contribution in [3.8, 4) is 11.1 Å². The highest BCUT2D eigenvalue weighted by molar-refractivity contribution is 5.90. The number of ether oxygens (including phenoxy) is 1. The Bertz CT molecular complexity index is 1040. The fourth-order valence-electron chi connectivity index (χ4n) is 3.45. The van der Waals surface area contributed by atoms with Crippen molar-refractivity contribution < 1.29 is 23.1 Å². The highest BCUT2D eigenvalue weighted by Crippen LogP contribution is 2.48. The average Bonchev–Trinajstić information content (AvgIpc) is 3.42. The number of rotatable bonds is 5. The van der Waals surface area contributed by atoms with Crippen LogP contribution >= 0.6 is 0 Å². The first-order valence-electron chi connectivity index (χ1n) is 9.40. The van der Waals surface area contributed by atoms with Gasteiger partial charge in [-0.1, -0.05) is 6.07 Å². The summed E-state index contributed by atoms with van der Waals surface area (Å²) in [6, 6.07) is 5.30. The predicted octanol–water partition coefficient (Wildman–Crippen LogP) is 3.40. The molecule has 1 atom stereocenters. The zero-order valence-electron chi connectivity index (χ0n) is 16.1. The topological polar surface area (TPSA) is 75.9 Å². The summed E-state index contributed by atoms with van der Waals surface area (Å²) in [5.41, 5.74) is 0.0207. The number of pyridine rings is 1. The van der Waals surface area contributed by atoms with Crippen molar-refractivity contribution in [3.05, 3.63) is 59.2 Å². The number of hydrogen-bond acceptors (Lipinski definition) is 4. The monoisotopic (exact) mass is 412 g/mol. The lowest BCUT2D eigenvalue weighted by atomic mass is 10.0. The van der Waals surface area contributed by atoms with E-state index in [0.29, 0.717) is 5.69 Å². The number of cyclic esters (lactones) is 1. The molecule has 1 saturated heterocycles. The molecule has 1 aromatic carbocycles. The minimum absolute atomic E-state index is 0.0265. The van der Waals surface area contributed by atoms with Gasteiger partial charge >= 0.3 is 6.09 Å². The molecular formula is C21H18F2N4O3. The number of nitrogens with zero attached hydrogens (tertiary/aromatic N) is 3. The minimum atomic E-state index is -0.844. The highest BCUT2D eigenvalue weighted by Gasteiger charge is 2.54. The molecule has 4 rings (SSSR count). The Balaban J connectivity index is 1.56. The number of amides is 2. The summed E-state index contributed by atoms with van der Waals surface area (Å²) < 4.78 is 34.7. The Morgan fingerprint density at radius 3 is 2.60 bits per heavy atom. The molecule has 0 unspecified atom stereocenters. The third-order valence-electron chi connectivity index (χ3n) is 5.26. The van der Waals surface area contributed by atoms with Crippen LogP contribution in [0.5, 0.6) is 0 Å². The fraction of sp³-hybridized carbons (Fsp3) is 0.333. The van der Waals surface area contributed by atoms with Crippen molar-refractivity contribution in [1.82, 2.24) is 10.3 Å². The molecule has 0 radical (unpaired) electrons.